The minimum atomic E-state index is -1.27. The van der Waals surface area contributed by atoms with E-state index >= 15 is 0 Å². The summed E-state index contributed by atoms with van der Waals surface area (Å²) in [7, 11) is 0. The van der Waals surface area contributed by atoms with E-state index in [2.05, 4.69) is 13.5 Å². The van der Waals surface area contributed by atoms with Crippen LogP contribution in [0.2, 0.25) is 0 Å². The van der Waals surface area contributed by atoms with Crippen molar-refractivity contribution in [2.24, 2.45) is 22.7 Å². The van der Waals surface area contributed by atoms with Gasteiger partial charge in [0, 0.05) is 11.6 Å². The van der Waals surface area contributed by atoms with Gasteiger partial charge in [-0.25, -0.2) is 9.59 Å². The molecule has 0 heterocycles. The molecule has 26 heavy (non-hydrogen) atoms. The molecule has 6 heteroatoms. The highest BCUT2D eigenvalue weighted by Gasteiger charge is 2.57. The molecule has 3 N–H and O–H groups in total. The first kappa shape index (κ1) is 20.2. The van der Waals surface area contributed by atoms with Gasteiger partial charge in [0.15, 0.2) is 0 Å². The second-order valence-corrected chi connectivity index (χ2v) is 8.24. The van der Waals surface area contributed by atoms with Crippen molar-refractivity contribution >= 4 is 17.9 Å². The Bertz CT molecular complexity index is 663. The highest BCUT2D eigenvalue weighted by Crippen LogP contribution is 2.62. The Hall–Kier alpha value is -2.11. The first-order valence-electron chi connectivity index (χ1n) is 9.10. The molecular weight excluding hydrogens is 336 g/mol. The normalized spacial score (nSPS) is 34.8. The predicted molar refractivity (Wildman–Crippen MR) is 95.6 cm³/mol. The molecule has 0 saturated heterocycles. The minimum absolute atomic E-state index is 0.00299. The molecule has 6 nitrogen and oxygen atoms in total. The Labute approximate surface area is 153 Å². The van der Waals surface area contributed by atoms with Crippen LogP contribution in [0.3, 0.4) is 0 Å². The number of hydrogen-bond acceptors (Lipinski definition) is 3. The Kier molecular flexibility index (Phi) is 5.64. The van der Waals surface area contributed by atoms with Crippen LogP contribution in [-0.4, -0.2) is 33.2 Å². The van der Waals surface area contributed by atoms with Gasteiger partial charge in [0.2, 0.25) is 0 Å². The van der Waals surface area contributed by atoms with Crippen molar-refractivity contribution in [2.45, 2.75) is 58.8 Å². The van der Waals surface area contributed by atoms with Crippen LogP contribution >= 0.6 is 0 Å². The third-order valence-corrected chi connectivity index (χ3v) is 6.78. The van der Waals surface area contributed by atoms with Gasteiger partial charge in [-0.15, -0.1) is 0 Å². The summed E-state index contributed by atoms with van der Waals surface area (Å²) in [5.74, 6) is -3.26. The summed E-state index contributed by atoms with van der Waals surface area (Å²) in [6.07, 6.45) is 5.23. The number of rotatable bonds is 6. The first-order chi connectivity index (χ1) is 12.0. The maximum Gasteiger partial charge on any atom is 0.331 e. The number of allylic oxidation sites excluding steroid dienone is 1. The average Bonchev–Trinajstić information content (AvgIpc) is 2.52. The van der Waals surface area contributed by atoms with Crippen LogP contribution in [0.25, 0.3) is 0 Å². The number of carboxylic acid groups (broad SMARTS) is 3. The van der Waals surface area contributed by atoms with E-state index in [-0.39, 0.29) is 29.2 Å². The van der Waals surface area contributed by atoms with Gasteiger partial charge in [-0.3, -0.25) is 4.79 Å². The molecular formula is C20H28O6. The third kappa shape index (κ3) is 3.55. The van der Waals surface area contributed by atoms with Gasteiger partial charge in [0.1, 0.15) is 0 Å². The van der Waals surface area contributed by atoms with Crippen molar-refractivity contribution in [3.05, 3.63) is 23.8 Å². The van der Waals surface area contributed by atoms with Crippen molar-refractivity contribution in [3.8, 4) is 0 Å². The van der Waals surface area contributed by atoms with Crippen molar-refractivity contribution in [2.75, 3.05) is 0 Å². The SMILES string of the molecule is C=C1CCC2C(C)(C(=O)O)CCCC2(C)C1CC/C(=C\C(=O)O)C(=O)O. The third-order valence-electron chi connectivity index (χ3n) is 6.78. The van der Waals surface area contributed by atoms with Gasteiger partial charge in [-0.1, -0.05) is 25.5 Å². The Morgan fingerprint density at radius 1 is 1.19 bits per heavy atom. The molecule has 0 aromatic heterocycles. The smallest absolute Gasteiger partial charge is 0.331 e. The molecule has 2 aliphatic rings. The van der Waals surface area contributed by atoms with E-state index in [9.17, 15) is 24.6 Å². The molecule has 0 amide bonds. The minimum Gasteiger partial charge on any atom is -0.481 e. The number of hydrogen-bond donors (Lipinski definition) is 3. The van der Waals surface area contributed by atoms with E-state index in [1.807, 2.05) is 6.92 Å². The van der Waals surface area contributed by atoms with E-state index in [4.69, 9.17) is 5.11 Å². The molecule has 0 radical (unpaired) electrons. The van der Waals surface area contributed by atoms with Gasteiger partial charge in [0.05, 0.1) is 5.41 Å². The number of carbonyl (C=O) groups is 3. The van der Waals surface area contributed by atoms with Gasteiger partial charge in [-0.2, -0.15) is 0 Å². The van der Waals surface area contributed by atoms with E-state index in [0.29, 0.717) is 12.8 Å². The van der Waals surface area contributed by atoms with Crippen LogP contribution in [0.4, 0.5) is 0 Å². The van der Waals surface area contributed by atoms with E-state index in [0.717, 1.165) is 37.3 Å². The summed E-state index contributed by atoms with van der Waals surface area (Å²) in [6.45, 7) is 8.11. The maximum atomic E-state index is 12.0. The van der Waals surface area contributed by atoms with Crippen molar-refractivity contribution in [1.82, 2.24) is 0 Å². The molecule has 0 aromatic carbocycles. The lowest BCUT2D eigenvalue weighted by molar-refractivity contribution is -0.164. The lowest BCUT2D eigenvalue weighted by atomic mass is 9.46. The van der Waals surface area contributed by atoms with Gasteiger partial charge >= 0.3 is 17.9 Å². The monoisotopic (exact) mass is 364 g/mol. The van der Waals surface area contributed by atoms with Crippen molar-refractivity contribution in [1.29, 1.82) is 0 Å². The summed E-state index contributed by atoms with van der Waals surface area (Å²) in [4.78, 5) is 34.1. The summed E-state index contributed by atoms with van der Waals surface area (Å²) in [6, 6.07) is 0. The second-order valence-electron chi connectivity index (χ2n) is 8.24. The summed E-state index contributed by atoms with van der Waals surface area (Å²) < 4.78 is 0. The van der Waals surface area contributed by atoms with Crippen LogP contribution in [0.15, 0.2) is 23.8 Å². The molecule has 0 aromatic rings. The zero-order valence-corrected chi connectivity index (χ0v) is 15.5. The second kappa shape index (κ2) is 7.25. The van der Waals surface area contributed by atoms with Gasteiger partial charge in [0.25, 0.3) is 0 Å². The topological polar surface area (TPSA) is 112 Å². The molecule has 0 bridgehead atoms. The molecule has 2 saturated carbocycles. The molecule has 2 rings (SSSR count). The zero-order valence-electron chi connectivity index (χ0n) is 15.5. The number of carboxylic acids is 3. The van der Waals surface area contributed by atoms with Crippen LogP contribution in [0, 0.1) is 22.7 Å². The predicted octanol–water partition coefficient (Wildman–Crippen LogP) is 3.73. The fourth-order valence-electron chi connectivity index (χ4n) is 5.43. The van der Waals surface area contributed by atoms with Crippen LogP contribution < -0.4 is 0 Å². The summed E-state index contributed by atoms with van der Waals surface area (Å²) >= 11 is 0. The molecule has 0 aliphatic heterocycles. The fourth-order valence-corrected chi connectivity index (χ4v) is 5.43. The van der Waals surface area contributed by atoms with E-state index < -0.39 is 23.3 Å². The zero-order chi connectivity index (χ0) is 19.7. The highest BCUT2D eigenvalue weighted by atomic mass is 16.4. The number of aliphatic carboxylic acids is 3. The molecule has 0 spiro atoms. The lowest BCUT2D eigenvalue weighted by Crippen LogP contribution is -2.53. The molecule has 2 aliphatic carbocycles. The Morgan fingerprint density at radius 2 is 1.85 bits per heavy atom. The summed E-state index contributed by atoms with van der Waals surface area (Å²) in [5, 5.41) is 27.9. The van der Waals surface area contributed by atoms with Gasteiger partial charge in [-0.05, 0) is 62.7 Å². The summed E-state index contributed by atoms with van der Waals surface area (Å²) in [5.41, 5.74) is -0.141. The number of fused-ring (bicyclic) bond motifs is 1. The molecule has 144 valence electrons. The standard InChI is InChI=1S/C20H28O6/c1-12-5-8-15-19(2,9-4-10-20(15,3)18(25)26)14(12)7-6-13(17(23)24)11-16(21)22/h11,14-15H,1,4-10H2,2-3H3,(H,21,22)(H,23,24)(H,25,26)/b13-11+. The van der Waals surface area contributed by atoms with E-state index in [1.165, 1.54) is 0 Å². The van der Waals surface area contributed by atoms with Crippen LogP contribution in [-0.2, 0) is 14.4 Å². The average molecular weight is 364 g/mol. The molecule has 4 unspecified atom stereocenters. The maximum absolute atomic E-state index is 12.0. The Morgan fingerprint density at radius 3 is 2.38 bits per heavy atom. The fraction of sp³-hybridized carbons (Fsp3) is 0.650. The lowest BCUT2D eigenvalue weighted by Gasteiger charge is -2.57. The first-order valence-corrected chi connectivity index (χ1v) is 9.10. The largest absolute Gasteiger partial charge is 0.481 e. The van der Waals surface area contributed by atoms with E-state index in [1.54, 1.807) is 0 Å². The van der Waals surface area contributed by atoms with Crippen LogP contribution in [0.1, 0.15) is 58.8 Å². The molecule has 4 atom stereocenters. The molecule has 2 fully saturated rings. The van der Waals surface area contributed by atoms with Gasteiger partial charge < -0.3 is 15.3 Å². The quantitative estimate of drug-likeness (QED) is 0.489. The van der Waals surface area contributed by atoms with Crippen LogP contribution in [0.5, 0.6) is 0 Å². The van der Waals surface area contributed by atoms with Crippen molar-refractivity contribution in [3.63, 3.8) is 0 Å². The Balaban J connectivity index is 2.29. The highest BCUT2D eigenvalue weighted by molar-refractivity contribution is 5.94. The van der Waals surface area contributed by atoms with Crippen molar-refractivity contribution < 1.29 is 29.7 Å².